The summed E-state index contributed by atoms with van der Waals surface area (Å²) in [5.41, 5.74) is 2.93. The lowest BCUT2D eigenvalue weighted by atomic mass is 9.77. The van der Waals surface area contributed by atoms with Crippen molar-refractivity contribution in [3.05, 3.63) is 114 Å². The molecule has 270 valence electrons. The van der Waals surface area contributed by atoms with Crippen molar-refractivity contribution in [2.45, 2.75) is 55.7 Å². The number of amides is 1. The number of anilines is 1. The molecule has 2 saturated heterocycles. The highest BCUT2D eigenvalue weighted by atomic mass is 32.2. The van der Waals surface area contributed by atoms with Gasteiger partial charge in [-0.3, -0.25) is 4.79 Å². The topological polar surface area (TPSA) is 183 Å². The summed E-state index contributed by atoms with van der Waals surface area (Å²) in [4.78, 5) is 15.1. The SMILES string of the molecule is COC1OC(CS(=O)(=O)Oc2ccc(-c3ccc(C4C(CCC(O)c5ccc(F)cc5)C(=O)N4c4ccccc4)c(O)c3)cc2)C(O)C(O)C1O. The average molecular weight is 724 g/mol. The van der Waals surface area contributed by atoms with Gasteiger partial charge in [0, 0.05) is 18.4 Å². The number of aromatic hydroxyl groups is 1. The summed E-state index contributed by atoms with van der Waals surface area (Å²) in [5.74, 6) is -2.03. The van der Waals surface area contributed by atoms with Crippen molar-refractivity contribution in [2.75, 3.05) is 17.8 Å². The summed E-state index contributed by atoms with van der Waals surface area (Å²) in [5, 5.41) is 52.3. The maximum Gasteiger partial charge on any atom is 0.311 e. The Kier molecular flexibility index (Phi) is 10.7. The number of benzene rings is 4. The third-order valence-corrected chi connectivity index (χ3v) is 10.5. The number of halogens is 1. The first-order valence-corrected chi connectivity index (χ1v) is 17.8. The maximum atomic E-state index is 13.5. The molecular formula is C37H38FNO11S. The zero-order valence-electron chi connectivity index (χ0n) is 27.4. The number of rotatable bonds is 12. The Morgan fingerprint density at radius 1 is 0.882 bits per heavy atom. The molecule has 2 fully saturated rings. The Morgan fingerprint density at radius 2 is 1.55 bits per heavy atom. The molecule has 0 bridgehead atoms. The van der Waals surface area contributed by atoms with E-state index in [4.69, 9.17) is 13.7 Å². The van der Waals surface area contributed by atoms with Crippen molar-refractivity contribution >= 4 is 21.7 Å². The fourth-order valence-corrected chi connectivity index (χ4v) is 7.71. The highest BCUT2D eigenvalue weighted by molar-refractivity contribution is 7.87. The number of ether oxygens (including phenoxy) is 2. The van der Waals surface area contributed by atoms with Crippen LogP contribution in [-0.2, 0) is 24.4 Å². The van der Waals surface area contributed by atoms with E-state index in [9.17, 15) is 43.1 Å². The fraction of sp³-hybridized carbons (Fsp3) is 0.324. The first kappa shape index (κ1) is 36.4. The van der Waals surface area contributed by atoms with E-state index in [0.29, 0.717) is 34.4 Å². The molecule has 0 radical (unpaired) electrons. The molecule has 8 unspecified atom stereocenters. The van der Waals surface area contributed by atoms with Gasteiger partial charge < -0.3 is 44.1 Å². The van der Waals surface area contributed by atoms with Crippen LogP contribution in [0.2, 0.25) is 0 Å². The number of aliphatic hydroxyl groups is 4. The number of hydrogen-bond donors (Lipinski definition) is 5. The minimum atomic E-state index is -4.34. The Hall–Kier alpha value is -4.41. The molecular weight excluding hydrogens is 685 g/mol. The van der Waals surface area contributed by atoms with Crippen LogP contribution in [0.4, 0.5) is 10.1 Å². The van der Waals surface area contributed by atoms with Gasteiger partial charge in [0.2, 0.25) is 5.91 Å². The van der Waals surface area contributed by atoms with Gasteiger partial charge in [-0.1, -0.05) is 54.6 Å². The van der Waals surface area contributed by atoms with E-state index in [1.165, 1.54) is 43.5 Å². The van der Waals surface area contributed by atoms with Crippen LogP contribution in [0.15, 0.2) is 97.1 Å². The van der Waals surface area contributed by atoms with Crippen LogP contribution in [-0.4, -0.2) is 83.4 Å². The Labute approximate surface area is 294 Å². The summed E-state index contributed by atoms with van der Waals surface area (Å²) in [6.07, 6.45) is -8.08. The molecule has 8 atom stereocenters. The second kappa shape index (κ2) is 15.1. The molecule has 6 rings (SSSR count). The predicted molar refractivity (Wildman–Crippen MR) is 182 cm³/mol. The van der Waals surface area contributed by atoms with Crippen LogP contribution in [0.5, 0.6) is 11.5 Å². The summed E-state index contributed by atoms with van der Waals surface area (Å²) in [6.45, 7) is 0. The van der Waals surface area contributed by atoms with Crippen LogP contribution < -0.4 is 9.08 Å². The van der Waals surface area contributed by atoms with Crippen LogP contribution in [0.25, 0.3) is 11.1 Å². The molecule has 12 nitrogen and oxygen atoms in total. The van der Waals surface area contributed by atoms with Crippen LogP contribution in [0.1, 0.15) is 36.1 Å². The number of phenolic OH excluding ortho intramolecular Hbond substituents is 1. The van der Waals surface area contributed by atoms with Crippen molar-refractivity contribution in [3.8, 4) is 22.6 Å². The van der Waals surface area contributed by atoms with Crippen LogP contribution >= 0.6 is 0 Å². The zero-order chi connectivity index (χ0) is 36.4. The molecule has 2 aliphatic heterocycles. The second-order valence-corrected chi connectivity index (χ2v) is 14.2. The van der Waals surface area contributed by atoms with Crippen molar-refractivity contribution in [1.29, 1.82) is 0 Å². The van der Waals surface area contributed by atoms with Crippen LogP contribution in [0.3, 0.4) is 0 Å². The van der Waals surface area contributed by atoms with Crippen molar-refractivity contribution < 1.29 is 56.8 Å². The minimum absolute atomic E-state index is 0.0362. The maximum absolute atomic E-state index is 13.5. The summed E-state index contributed by atoms with van der Waals surface area (Å²) in [7, 11) is -3.14. The number of para-hydroxylation sites is 1. The van der Waals surface area contributed by atoms with Crippen molar-refractivity contribution in [3.63, 3.8) is 0 Å². The first-order valence-electron chi connectivity index (χ1n) is 16.3. The molecule has 5 N–H and O–H groups in total. The van der Waals surface area contributed by atoms with Gasteiger partial charge in [-0.2, -0.15) is 8.42 Å². The molecule has 1 amide bonds. The summed E-state index contributed by atoms with van der Waals surface area (Å²) in [6, 6.07) is 25.2. The van der Waals surface area contributed by atoms with E-state index in [2.05, 4.69) is 0 Å². The van der Waals surface area contributed by atoms with Crippen molar-refractivity contribution in [1.82, 2.24) is 0 Å². The monoisotopic (exact) mass is 723 g/mol. The van der Waals surface area contributed by atoms with Crippen molar-refractivity contribution in [2.24, 2.45) is 5.92 Å². The smallest absolute Gasteiger partial charge is 0.311 e. The van der Waals surface area contributed by atoms with Gasteiger partial charge in [-0.15, -0.1) is 0 Å². The molecule has 2 aliphatic rings. The lowest BCUT2D eigenvalue weighted by Gasteiger charge is -2.48. The van der Waals surface area contributed by atoms with Crippen LogP contribution in [0, 0.1) is 11.7 Å². The number of phenols is 1. The van der Waals surface area contributed by atoms with E-state index in [1.807, 2.05) is 18.2 Å². The molecule has 0 aromatic heterocycles. The zero-order valence-corrected chi connectivity index (χ0v) is 28.2. The number of hydrogen-bond acceptors (Lipinski definition) is 11. The molecule has 0 saturated carbocycles. The molecule has 0 spiro atoms. The van der Waals surface area contributed by atoms with Gasteiger partial charge in [0.15, 0.2) is 6.29 Å². The Balaban J connectivity index is 1.16. The second-order valence-electron chi connectivity index (χ2n) is 12.6. The fourth-order valence-electron chi connectivity index (χ4n) is 6.56. The Bertz CT molecular complexity index is 1930. The van der Waals surface area contributed by atoms with E-state index >= 15 is 0 Å². The summed E-state index contributed by atoms with van der Waals surface area (Å²) >= 11 is 0. The van der Waals surface area contributed by atoms with Gasteiger partial charge in [-0.25, -0.2) is 4.39 Å². The van der Waals surface area contributed by atoms with Gasteiger partial charge in [-0.05, 0) is 72.0 Å². The predicted octanol–water partition coefficient (Wildman–Crippen LogP) is 3.58. The lowest BCUT2D eigenvalue weighted by Crippen LogP contribution is -2.59. The van der Waals surface area contributed by atoms with Gasteiger partial charge in [0.1, 0.15) is 47.5 Å². The van der Waals surface area contributed by atoms with E-state index in [0.717, 1.165) is 0 Å². The quantitative estimate of drug-likeness (QED) is 0.106. The first-order chi connectivity index (χ1) is 24.4. The molecule has 51 heavy (non-hydrogen) atoms. The number of nitrogens with zero attached hydrogens (tertiary/aromatic N) is 1. The average Bonchev–Trinajstić information content (AvgIpc) is 3.11. The third-order valence-electron chi connectivity index (χ3n) is 9.28. The Morgan fingerprint density at radius 3 is 2.20 bits per heavy atom. The van der Waals surface area contributed by atoms with E-state index in [1.54, 1.807) is 47.4 Å². The molecule has 0 aliphatic carbocycles. The number of carbonyl (C=O) groups is 1. The summed E-state index contributed by atoms with van der Waals surface area (Å²) < 4.78 is 54.4. The largest absolute Gasteiger partial charge is 0.508 e. The van der Waals surface area contributed by atoms with Gasteiger partial charge in [0.25, 0.3) is 0 Å². The lowest BCUT2D eigenvalue weighted by molar-refractivity contribution is -0.285. The molecule has 4 aromatic rings. The number of aliphatic hydroxyl groups excluding tert-OH is 4. The highest BCUT2D eigenvalue weighted by Gasteiger charge is 2.49. The number of β-lactam (4-membered cyclic amide) rings is 1. The third kappa shape index (κ3) is 7.77. The number of carbonyl (C=O) groups excluding carboxylic acids is 1. The number of methoxy groups -OCH3 is 1. The normalized spacial score (nSPS) is 25.6. The minimum Gasteiger partial charge on any atom is -0.508 e. The standard InChI is InChI=1S/C37H38FNO11S/c1-48-37-35(44)34(43)33(42)31(49-37)20-51(46,47)50-26-14-9-21(10-15-26)23-11-16-27(30(41)19-23)32-28(36(45)39(32)25-5-3-2-4-6-25)17-18-29(40)22-7-12-24(38)13-8-22/h2-16,19,28-29,31-35,37,40-44H,17-18,20H2,1H3. The highest BCUT2D eigenvalue weighted by Crippen LogP contribution is 2.49. The van der Waals surface area contributed by atoms with E-state index in [-0.39, 0.29) is 23.8 Å². The molecule has 4 aromatic carbocycles. The van der Waals surface area contributed by atoms with Gasteiger partial charge in [0.05, 0.1) is 18.1 Å². The molecule has 2 heterocycles. The molecule has 14 heteroatoms. The van der Waals surface area contributed by atoms with E-state index < -0.39 is 70.5 Å². The van der Waals surface area contributed by atoms with Gasteiger partial charge >= 0.3 is 10.1 Å².